The van der Waals surface area contributed by atoms with Crippen molar-refractivity contribution in [2.75, 3.05) is 11.4 Å². The summed E-state index contributed by atoms with van der Waals surface area (Å²) in [4.78, 5) is 6.43. The first-order chi connectivity index (χ1) is 9.50. The minimum Gasteiger partial charge on any atom is -0.452 e. The molecule has 1 atom stereocenters. The number of aliphatic imine (C=N–C) groups is 1. The number of anilines is 1. The molecule has 0 saturated carbocycles. The fourth-order valence-electron chi connectivity index (χ4n) is 2.53. The van der Waals surface area contributed by atoms with Crippen molar-refractivity contribution in [1.29, 1.82) is 0 Å². The summed E-state index contributed by atoms with van der Waals surface area (Å²) < 4.78 is 6.45. The Morgan fingerprint density at radius 2 is 1.95 bits per heavy atom. The zero-order valence-corrected chi connectivity index (χ0v) is 13.0. The molecule has 1 aliphatic rings. The third kappa shape index (κ3) is 2.02. The number of nitrogens with two attached hydrogens (primary N) is 1. The Morgan fingerprint density at radius 3 is 2.55 bits per heavy atom. The summed E-state index contributed by atoms with van der Waals surface area (Å²) in [5.41, 5.74) is 7.93. The maximum atomic E-state index is 6.09. The molecule has 0 spiro atoms. The molecule has 2 heterocycles. The lowest BCUT2D eigenvalue weighted by Crippen LogP contribution is -2.47. The molecule has 0 aliphatic carbocycles. The van der Waals surface area contributed by atoms with E-state index < -0.39 is 5.54 Å². The number of hydrogen-bond donors (Lipinski definition) is 1. The normalized spacial score (nSPS) is 22.1. The number of halogens is 1. The maximum Gasteiger partial charge on any atom is 0.196 e. The predicted octanol–water partition coefficient (Wildman–Crippen LogP) is 3.40. The highest BCUT2D eigenvalue weighted by molar-refractivity contribution is 9.10. The molecule has 20 heavy (non-hydrogen) atoms. The molecule has 4 nitrogen and oxygen atoms in total. The van der Waals surface area contributed by atoms with Gasteiger partial charge in [-0.25, -0.2) is 0 Å². The highest BCUT2D eigenvalue weighted by Gasteiger charge is 2.43. The van der Waals surface area contributed by atoms with Gasteiger partial charge in [0.05, 0.1) is 6.54 Å². The van der Waals surface area contributed by atoms with Crippen molar-refractivity contribution >= 4 is 27.6 Å². The van der Waals surface area contributed by atoms with Crippen molar-refractivity contribution in [3.63, 3.8) is 0 Å². The van der Waals surface area contributed by atoms with Crippen molar-refractivity contribution in [2.45, 2.75) is 19.4 Å². The van der Waals surface area contributed by atoms with Gasteiger partial charge in [0.25, 0.3) is 0 Å². The van der Waals surface area contributed by atoms with E-state index in [1.165, 1.54) is 5.56 Å². The number of aryl methyl sites for hydroxylation is 1. The highest BCUT2D eigenvalue weighted by Crippen LogP contribution is 2.38. The van der Waals surface area contributed by atoms with E-state index in [9.17, 15) is 0 Å². The number of guanidine groups is 1. The first-order valence-electron chi connectivity index (χ1n) is 6.43. The zero-order valence-electron chi connectivity index (χ0n) is 11.4. The van der Waals surface area contributed by atoms with Gasteiger partial charge in [-0.05, 0) is 54.0 Å². The number of hydrogen-bond acceptors (Lipinski definition) is 4. The molecule has 5 heteroatoms. The molecular formula is C15H16BrN3O. The van der Waals surface area contributed by atoms with Gasteiger partial charge in [-0.1, -0.05) is 17.7 Å². The summed E-state index contributed by atoms with van der Waals surface area (Å²) >= 11 is 3.35. The second kappa shape index (κ2) is 4.66. The van der Waals surface area contributed by atoms with E-state index in [0.29, 0.717) is 17.2 Å². The fraction of sp³-hybridized carbons (Fsp3) is 0.267. The van der Waals surface area contributed by atoms with E-state index in [-0.39, 0.29) is 0 Å². The Bertz CT molecular complexity index is 662. The van der Waals surface area contributed by atoms with Crippen LogP contribution in [0.5, 0.6) is 0 Å². The molecule has 0 bridgehead atoms. The Balaban J connectivity index is 2.06. The topological polar surface area (TPSA) is 54.8 Å². The third-order valence-corrected chi connectivity index (χ3v) is 4.09. The van der Waals surface area contributed by atoms with Crippen molar-refractivity contribution in [1.82, 2.24) is 0 Å². The van der Waals surface area contributed by atoms with Crippen LogP contribution in [0.25, 0.3) is 0 Å². The Labute approximate surface area is 126 Å². The minimum atomic E-state index is -0.397. The monoisotopic (exact) mass is 333 g/mol. The Kier molecular flexibility index (Phi) is 3.09. The molecule has 0 saturated heterocycles. The van der Waals surface area contributed by atoms with E-state index in [4.69, 9.17) is 10.2 Å². The van der Waals surface area contributed by atoms with Crippen molar-refractivity contribution in [2.24, 2.45) is 10.7 Å². The molecule has 104 valence electrons. The fourth-order valence-corrected chi connectivity index (χ4v) is 2.84. The van der Waals surface area contributed by atoms with Crippen LogP contribution in [0.4, 0.5) is 5.69 Å². The van der Waals surface area contributed by atoms with Crippen LogP contribution in [0.2, 0.25) is 0 Å². The lowest BCUT2D eigenvalue weighted by atomic mass is 9.97. The van der Waals surface area contributed by atoms with E-state index in [0.717, 1.165) is 11.4 Å². The van der Waals surface area contributed by atoms with E-state index in [1.807, 2.05) is 17.0 Å². The second-order valence-corrected chi connectivity index (χ2v) is 6.00. The average molecular weight is 334 g/mol. The molecule has 1 aliphatic heterocycles. The summed E-state index contributed by atoms with van der Waals surface area (Å²) in [6.45, 7) is 4.72. The lowest BCUT2D eigenvalue weighted by Gasteiger charge is -2.34. The first-order valence-corrected chi connectivity index (χ1v) is 7.23. The molecule has 1 aromatic carbocycles. The van der Waals surface area contributed by atoms with Gasteiger partial charge in [-0.2, -0.15) is 0 Å². The lowest BCUT2D eigenvalue weighted by molar-refractivity contribution is 0.378. The maximum absolute atomic E-state index is 6.09. The summed E-state index contributed by atoms with van der Waals surface area (Å²) in [6.07, 6.45) is 0. The smallest absolute Gasteiger partial charge is 0.196 e. The summed E-state index contributed by atoms with van der Waals surface area (Å²) in [6, 6.07) is 12.1. The van der Waals surface area contributed by atoms with Gasteiger partial charge in [0, 0.05) is 5.69 Å². The molecule has 2 aromatic rings. The van der Waals surface area contributed by atoms with Crippen LogP contribution in [0.3, 0.4) is 0 Å². The predicted molar refractivity (Wildman–Crippen MR) is 83.9 cm³/mol. The summed E-state index contributed by atoms with van der Waals surface area (Å²) in [7, 11) is 0. The molecule has 2 N–H and O–H groups in total. The van der Waals surface area contributed by atoms with Gasteiger partial charge in [-0.15, -0.1) is 0 Å². The van der Waals surface area contributed by atoms with Crippen LogP contribution >= 0.6 is 15.9 Å². The largest absolute Gasteiger partial charge is 0.452 e. The van der Waals surface area contributed by atoms with Gasteiger partial charge in [-0.3, -0.25) is 9.89 Å². The third-order valence-electron chi connectivity index (χ3n) is 3.67. The van der Waals surface area contributed by atoms with Crippen LogP contribution in [0.1, 0.15) is 18.2 Å². The SMILES string of the molecule is Cc1ccc(N2C(N)=NCC2(C)c2ccc(Br)o2)cc1. The summed E-state index contributed by atoms with van der Waals surface area (Å²) in [5.74, 6) is 1.36. The Morgan fingerprint density at radius 1 is 1.25 bits per heavy atom. The molecule has 1 unspecified atom stereocenters. The molecule has 3 rings (SSSR count). The van der Waals surface area contributed by atoms with Crippen LogP contribution in [0.15, 0.2) is 50.5 Å². The molecule has 0 fully saturated rings. The highest BCUT2D eigenvalue weighted by atomic mass is 79.9. The first kappa shape index (κ1) is 13.2. The number of nitrogens with zero attached hydrogens (tertiary/aromatic N) is 2. The standard InChI is InChI=1S/C15H16BrN3O/c1-10-3-5-11(6-4-10)19-14(17)18-9-15(19,2)12-7-8-13(16)20-12/h3-8H,9H2,1-2H3,(H2,17,18). The van der Waals surface area contributed by atoms with Gasteiger partial charge in [0.15, 0.2) is 10.6 Å². The average Bonchev–Trinajstić information content (AvgIpc) is 2.97. The van der Waals surface area contributed by atoms with Crippen LogP contribution in [0, 0.1) is 6.92 Å². The quantitative estimate of drug-likeness (QED) is 0.916. The van der Waals surface area contributed by atoms with Crippen molar-refractivity contribution < 1.29 is 4.42 Å². The van der Waals surface area contributed by atoms with Gasteiger partial charge in [0.2, 0.25) is 0 Å². The molecule has 0 amide bonds. The van der Waals surface area contributed by atoms with Crippen LogP contribution in [-0.2, 0) is 5.54 Å². The number of furan rings is 1. The van der Waals surface area contributed by atoms with E-state index in [2.05, 4.69) is 59.0 Å². The van der Waals surface area contributed by atoms with Crippen molar-refractivity contribution in [3.8, 4) is 0 Å². The van der Waals surface area contributed by atoms with Gasteiger partial charge < -0.3 is 10.2 Å². The second-order valence-electron chi connectivity index (χ2n) is 5.22. The van der Waals surface area contributed by atoms with Crippen LogP contribution < -0.4 is 10.6 Å². The molecule has 1 aromatic heterocycles. The van der Waals surface area contributed by atoms with Crippen LogP contribution in [-0.4, -0.2) is 12.5 Å². The van der Waals surface area contributed by atoms with Gasteiger partial charge in [0.1, 0.15) is 11.3 Å². The Hall–Kier alpha value is -1.75. The molecular weight excluding hydrogens is 318 g/mol. The van der Waals surface area contributed by atoms with Gasteiger partial charge >= 0.3 is 0 Å². The van der Waals surface area contributed by atoms with E-state index >= 15 is 0 Å². The minimum absolute atomic E-state index is 0.397. The zero-order chi connectivity index (χ0) is 14.3. The number of rotatable bonds is 2. The van der Waals surface area contributed by atoms with E-state index in [1.54, 1.807) is 0 Å². The molecule has 0 radical (unpaired) electrons. The number of benzene rings is 1. The van der Waals surface area contributed by atoms with Crippen molar-refractivity contribution in [3.05, 3.63) is 52.4 Å². The summed E-state index contributed by atoms with van der Waals surface area (Å²) in [5, 5.41) is 0.